The highest BCUT2D eigenvalue weighted by atomic mass is 32.2. The van der Waals surface area contributed by atoms with Crippen LogP contribution in [0.4, 0.5) is 24.5 Å². The van der Waals surface area contributed by atoms with Crippen LogP contribution in [0, 0.1) is 17.0 Å². The fraction of sp³-hybridized carbons (Fsp3) is 0.154. The molecule has 0 saturated heterocycles. The van der Waals surface area contributed by atoms with Gasteiger partial charge in [-0.2, -0.15) is 13.2 Å². The van der Waals surface area contributed by atoms with E-state index in [1.54, 1.807) is 34.9 Å². The summed E-state index contributed by atoms with van der Waals surface area (Å²) in [5.41, 5.74) is -0.541. The van der Waals surface area contributed by atoms with Gasteiger partial charge in [-0.1, -0.05) is 48.2 Å². The normalized spacial score (nSPS) is 11.2. The van der Waals surface area contributed by atoms with E-state index in [2.05, 4.69) is 20.8 Å². The number of carbonyl (C=O) groups is 2. The molecule has 3 aromatic carbocycles. The van der Waals surface area contributed by atoms with Gasteiger partial charge in [-0.3, -0.25) is 24.3 Å². The molecule has 0 bridgehead atoms. The second-order valence-electron chi connectivity index (χ2n) is 8.34. The van der Waals surface area contributed by atoms with Crippen LogP contribution in [0.15, 0.2) is 78.0 Å². The van der Waals surface area contributed by atoms with Crippen molar-refractivity contribution in [1.82, 2.24) is 20.1 Å². The molecule has 206 valence electrons. The van der Waals surface area contributed by atoms with Gasteiger partial charge >= 0.3 is 6.18 Å². The zero-order valence-corrected chi connectivity index (χ0v) is 21.6. The quantitative estimate of drug-likeness (QED) is 0.161. The number of halogens is 3. The van der Waals surface area contributed by atoms with Crippen LogP contribution in [0.5, 0.6) is 0 Å². The Morgan fingerprint density at radius 3 is 2.40 bits per heavy atom. The fourth-order valence-electron chi connectivity index (χ4n) is 3.82. The molecule has 1 aromatic heterocycles. The van der Waals surface area contributed by atoms with Crippen molar-refractivity contribution >= 4 is 35.0 Å². The maximum absolute atomic E-state index is 13.3. The minimum Gasteiger partial charge on any atom is -0.345 e. The molecule has 4 rings (SSSR count). The zero-order chi connectivity index (χ0) is 28.9. The second-order valence-corrected chi connectivity index (χ2v) is 9.28. The van der Waals surface area contributed by atoms with E-state index in [1.807, 2.05) is 0 Å². The minimum atomic E-state index is -4.63. The van der Waals surface area contributed by atoms with Gasteiger partial charge in [0.25, 0.3) is 11.6 Å². The number of carbonyl (C=O) groups excluding carboxylic acids is 2. The predicted molar refractivity (Wildman–Crippen MR) is 141 cm³/mol. The molecule has 0 atom stereocenters. The molecule has 2 amide bonds. The second kappa shape index (κ2) is 12.0. The number of nitro groups is 1. The van der Waals surface area contributed by atoms with Gasteiger partial charge in [-0.25, -0.2) is 0 Å². The standard InChI is InChI=1S/C26H21F3N6O4S/c1-16-18(10-7-13-21(16)35(38)39)24(37)30-14-22-32-33-25(34(22)17-8-3-2-4-9-17)40-15-23(36)31-20-12-6-5-11-19(20)26(27,28)29/h2-13H,14-15H2,1H3,(H,30,37)(H,31,36). The Morgan fingerprint density at radius 1 is 1.00 bits per heavy atom. The van der Waals surface area contributed by atoms with Gasteiger partial charge in [0, 0.05) is 22.9 Å². The number of anilines is 1. The molecule has 0 unspecified atom stereocenters. The number of nitrogens with zero attached hydrogens (tertiary/aromatic N) is 4. The van der Waals surface area contributed by atoms with E-state index in [1.165, 1.54) is 43.3 Å². The number of aromatic nitrogens is 3. The molecule has 4 aromatic rings. The molecule has 40 heavy (non-hydrogen) atoms. The molecule has 0 aliphatic rings. The lowest BCUT2D eigenvalue weighted by molar-refractivity contribution is -0.385. The predicted octanol–water partition coefficient (Wildman–Crippen LogP) is 5.16. The van der Waals surface area contributed by atoms with Crippen molar-refractivity contribution in [2.24, 2.45) is 0 Å². The first-order valence-corrected chi connectivity index (χ1v) is 12.7. The highest BCUT2D eigenvalue weighted by molar-refractivity contribution is 7.99. The lowest BCUT2D eigenvalue weighted by atomic mass is 10.1. The van der Waals surface area contributed by atoms with E-state index in [0.29, 0.717) is 11.5 Å². The van der Waals surface area contributed by atoms with Gasteiger partial charge in [-0.05, 0) is 37.3 Å². The van der Waals surface area contributed by atoms with Crippen LogP contribution in [0.25, 0.3) is 5.69 Å². The molecule has 0 saturated carbocycles. The lowest BCUT2D eigenvalue weighted by Gasteiger charge is -2.14. The zero-order valence-electron chi connectivity index (χ0n) is 20.8. The molecule has 0 radical (unpaired) electrons. The van der Waals surface area contributed by atoms with Crippen LogP contribution in [0.3, 0.4) is 0 Å². The summed E-state index contributed by atoms with van der Waals surface area (Å²) in [4.78, 5) is 36.0. The number of nitrogens with one attached hydrogen (secondary N) is 2. The van der Waals surface area contributed by atoms with Gasteiger partial charge < -0.3 is 10.6 Å². The summed E-state index contributed by atoms with van der Waals surface area (Å²) in [5.74, 6) is -1.20. The van der Waals surface area contributed by atoms with E-state index < -0.39 is 28.5 Å². The largest absolute Gasteiger partial charge is 0.418 e. The van der Waals surface area contributed by atoms with Crippen LogP contribution in [0.2, 0.25) is 0 Å². The van der Waals surface area contributed by atoms with Gasteiger partial charge in [0.05, 0.1) is 28.5 Å². The van der Waals surface area contributed by atoms with Crippen molar-refractivity contribution in [3.8, 4) is 5.69 Å². The van der Waals surface area contributed by atoms with Crippen LogP contribution >= 0.6 is 11.8 Å². The highest BCUT2D eigenvalue weighted by Gasteiger charge is 2.33. The number of amides is 2. The van der Waals surface area contributed by atoms with Crippen molar-refractivity contribution < 1.29 is 27.7 Å². The molecule has 10 nitrogen and oxygen atoms in total. The van der Waals surface area contributed by atoms with Crippen molar-refractivity contribution in [1.29, 1.82) is 0 Å². The van der Waals surface area contributed by atoms with Crippen molar-refractivity contribution in [3.63, 3.8) is 0 Å². The molecule has 1 heterocycles. The summed E-state index contributed by atoms with van der Waals surface area (Å²) in [7, 11) is 0. The van der Waals surface area contributed by atoms with Gasteiger partial charge in [-0.15, -0.1) is 10.2 Å². The third kappa shape index (κ3) is 6.46. The maximum Gasteiger partial charge on any atom is 0.418 e. The maximum atomic E-state index is 13.3. The van der Waals surface area contributed by atoms with Crippen molar-refractivity contribution in [2.45, 2.75) is 24.8 Å². The van der Waals surface area contributed by atoms with E-state index in [0.717, 1.165) is 17.8 Å². The first-order valence-electron chi connectivity index (χ1n) is 11.7. The molecule has 2 N–H and O–H groups in total. The summed E-state index contributed by atoms with van der Waals surface area (Å²) in [6, 6.07) is 17.7. The summed E-state index contributed by atoms with van der Waals surface area (Å²) in [6.07, 6.45) is -4.63. The Bertz CT molecular complexity index is 1560. The summed E-state index contributed by atoms with van der Waals surface area (Å²) >= 11 is 0.950. The Morgan fingerprint density at radius 2 is 1.70 bits per heavy atom. The molecule has 0 aliphatic heterocycles. The van der Waals surface area contributed by atoms with Crippen LogP contribution in [0.1, 0.15) is 27.3 Å². The van der Waals surface area contributed by atoms with Crippen LogP contribution in [-0.2, 0) is 17.5 Å². The number of rotatable bonds is 9. The highest BCUT2D eigenvalue weighted by Crippen LogP contribution is 2.34. The van der Waals surface area contributed by atoms with Crippen molar-refractivity contribution in [3.05, 3.63) is 105 Å². The summed E-state index contributed by atoms with van der Waals surface area (Å²) in [5, 5.41) is 24.7. The Hall–Kier alpha value is -4.72. The fourth-order valence-corrected chi connectivity index (χ4v) is 4.59. The molecular formula is C26H21F3N6O4S. The van der Waals surface area contributed by atoms with Gasteiger partial charge in [0.2, 0.25) is 5.91 Å². The number of thioether (sulfide) groups is 1. The van der Waals surface area contributed by atoms with Crippen molar-refractivity contribution in [2.75, 3.05) is 11.1 Å². The third-order valence-corrected chi connectivity index (χ3v) is 6.64. The molecule has 0 aliphatic carbocycles. The Balaban J connectivity index is 1.51. The number of hydrogen-bond acceptors (Lipinski definition) is 7. The Kier molecular flexibility index (Phi) is 8.48. The van der Waals surface area contributed by atoms with Crippen LogP contribution < -0.4 is 10.6 Å². The Labute approximate surface area is 229 Å². The molecule has 0 fully saturated rings. The van der Waals surface area contributed by atoms with Crippen LogP contribution in [-0.4, -0.2) is 37.3 Å². The average molecular weight is 571 g/mol. The van der Waals surface area contributed by atoms with Gasteiger partial charge in [0.15, 0.2) is 11.0 Å². The topological polar surface area (TPSA) is 132 Å². The third-order valence-electron chi connectivity index (χ3n) is 5.71. The molecule has 0 spiro atoms. The smallest absolute Gasteiger partial charge is 0.345 e. The monoisotopic (exact) mass is 570 g/mol. The summed E-state index contributed by atoms with van der Waals surface area (Å²) < 4.78 is 41.4. The number of para-hydroxylation sites is 2. The van der Waals surface area contributed by atoms with E-state index in [-0.39, 0.29) is 40.0 Å². The summed E-state index contributed by atoms with van der Waals surface area (Å²) in [6.45, 7) is 1.38. The SMILES string of the molecule is Cc1c(C(=O)NCc2nnc(SCC(=O)Nc3ccccc3C(F)(F)F)n2-c2ccccc2)cccc1[N+](=O)[O-]. The lowest BCUT2D eigenvalue weighted by Crippen LogP contribution is -2.25. The van der Waals surface area contributed by atoms with Gasteiger partial charge in [0.1, 0.15) is 0 Å². The minimum absolute atomic E-state index is 0.103. The average Bonchev–Trinajstić information content (AvgIpc) is 3.33. The number of hydrogen-bond donors (Lipinski definition) is 2. The van der Waals surface area contributed by atoms with E-state index in [4.69, 9.17) is 0 Å². The number of benzene rings is 3. The molecule has 14 heteroatoms. The van der Waals surface area contributed by atoms with E-state index in [9.17, 15) is 32.9 Å². The first kappa shape index (κ1) is 28.3. The first-order chi connectivity index (χ1) is 19.1. The van der Waals surface area contributed by atoms with E-state index >= 15 is 0 Å². The number of alkyl halides is 3. The molecular weight excluding hydrogens is 549 g/mol. The number of nitro benzene ring substituents is 1.